The van der Waals surface area contributed by atoms with Gasteiger partial charge in [0, 0.05) is 112 Å². The minimum atomic E-state index is -0.653. The third kappa shape index (κ3) is 109. The molecule has 0 saturated carbocycles. The maximum Gasteiger partial charge on any atom is 0.303 e. The van der Waals surface area contributed by atoms with Gasteiger partial charge in [0.15, 0.2) is 0 Å². The molecule has 0 aliphatic carbocycles. The van der Waals surface area contributed by atoms with Gasteiger partial charge in [0.2, 0.25) is 0 Å². The van der Waals surface area contributed by atoms with Crippen LogP contribution in [0.1, 0.15) is 439 Å². The molecule has 10 heteroatoms. The van der Waals surface area contributed by atoms with Crippen molar-refractivity contribution in [1.82, 2.24) is 0 Å². The summed E-state index contributed by atoms with van der Waals surface area (Å²) < 4.78 is 0. The molecule has 0 atom stereocenters. The molecule has 0 aromatic carbocycles. The smallest absolute Gasteiger partial charge is 0.303 e. The van der Waals surface area contributed by atoms with Gasteiger partial charge in [-0.05, 0) is 25.7 Å². The van der Waals surface area contributed by atoms with Gasteiger partial charge in [-0.25, -0.2) is 0 Å². The molecule has 0 unspecified atom stereocenters. The van der Waals surface area contributed by atoms with E-state index in [0.717, 1.165) is 51.4 Å². The van der Waals surface area contributed by atoms with Crippen molar-refractivity contribution in [2.75, 3.05) is 0 Å². The van der Waals surface area contributed by atoms with Crippen molar-refractivity contribution < 1.29 is 39.6 Å². The van der Waals surface area contributed by atoms with Gasteiger partial charge in [-0.1, -0.05) is 387 Å². The topological polar surface area (TPSA) is 149 Å². The molecular weight excluding hydrogens is 1170 g/mol. The molecule has 8 nitrogen and oxygen atoms in total. The maximum absolute atomic E-state index is 10.3. The Morgan fingerprint density at radius 2 is 0.244 bits per heavy atom. The van der Waals surface area contributed by atoms with Crippen LogP contribution in [0.25, 0.3) is 0 Å². The first-order valence-corrected chi connectivity index (χ1v) is 36.0. The van der Waals surface area contributed by atoms with E-state index in [1.54, 1.807) is 0 Å². The van der Waals surface area contributed by atoms with Crippen molar-refractivity contribution in [3.05, 3.63) is 0 Å². The zero-order valence-electron chi connectivity index (χ0n) is 56.1. The van der Waals surface area contributed by atoms with E-state index in [2.05, 4.69) is 27.7 Å². The van der Waals surface area contributed by atoms with Crippen LogP contribution in [0.15, 0.2) is 0 Å². The average Bonchev–Trinajstić information content (AvgIpc) is 3.43. The Morgan fingerprint density at radius 1 is 0.171 bits per heavy atom. The summed E-state index contributed by atoms with van der Waals surface area (Å²) in [5.41, 5.74) is 0. The van der Waals surface area contributed by atoms with E-state index in [9.17, 15) is 19.2 Å². The normalized spacial score (nSPS) is 10.6. The zero-order chi connectivity index (χ0) is 59.6. The van der Waals surface area contributed by atoms with E-state index in [0.29, 0.717) is 25.7 Å². The molecule has 0 rings (SSSR count). The van der Waals surface area contributed by atoms with Crippen LogP contribution in [0.3, 0.4) is 0 Å². The summed E-state index contributed by atoms with van der Waals surface area (Å²) in [6.45, 7) is 9.08. The van der Waals surface area contributed by atoms with E-state index in [1.807, 2.05) is 0 Å². The van der Waals surface area contributed by atoms with Crippen molar-refractivity contribution in [3.8, 4) is 0 Å². The Kier molecular flexibility index (Phi) is 104. The molecular formula is C72H144BaCaO8. The van der Waals surface area contributed by atoms with Gasteiger partial charge in [0.25, 0.3) is 0 Å². The van der Waals surface area contributed by atoms with Crippen molar-refractivity contribution >= 4 is 110 Å². The number of carboxylic acid groups (broad SMARTS) is 4. The summed E-state index contributed by atoms with van der Waals surface area (Å²) >= 11 is 0. The largest absolute Gasteiger partial charge is 0.481 e. The number of hydrogen-bond acceptors (Lipinski definition) is 4. The van der Waals surface area contributed by atoms with Crippen LogP contribution in [0.4, 0.5) is 0 Å². The molecule has 82 heavy (non-hydrogen) atoms. The first-order chi connectivity index (χ1) is 39.1. The van der Waals surface area contributed by atoms with Crippen molar-refractivity contribution in [1.29, 1.82) is 0 Å². The SMILES string of the molecule is CCCCCCCCCCCCCCCCCC(=O)O.CCCCCCCCCCCCCCCCCC(=O)O.CCCCCCCCCCCCCCCCCC(=O)O.CCCCCCCCCCCCCCCCCC(=O)O.[Ba].[Ca]. The van der Waals surface area contributed by atoms with Gasteiger partial charge < -0.3 is 20.4 Å². The van der Waals surface area contributed by atoms with E-state index >= 15 is 0 Å². The molecule has 0 aromatic heterocycles. The fourth-order valence-electron chi connectivity index (χ4n) is 10.6. The number of carbonyl (C=O) groups is 4. The van der Waals surface area contributed by atoms with Crippen LogP contribution in [0.5, 0.6) is 0 Å². The van der Waals surface area contributed by atoms with E-state index in [-0.39, 0.29) is 86.6 Å². The average molecular weight is 1320 g/mol. The molecule has 0 aliphatic heterocycles. The fourth-order valence-corrected chi connectivity index (χ4v) is 10.6. The third-order valence-corrected chi connectivity index (χ3v) is 16.0. The summed E-state index contributed by atoms with van der Waals surface area (Å²) in [4.78, 5) is 41.3. The maximum atomic E-state index is 10.3. The summed E-state index contributed by atoms with van der Waals surface area (Å²) in [7, 11) is 0. The molecule has 0 saturated heterocycles. The second-order valence-electron chi connectivity index (χ2n) is 24.4. The quantitative estimate of drug-likeness (QED) is 0.0347. The van der Waals surface area contributed by atoms with Crippen LogP contribution in [-0.2, 0) is 19.2 Å². The Labute approximate surface area is 582 Å². The molecule has 484 valence electrons. The monoisotopic (exact) mass is 1310 g/mol. The van der Waals surface area contributed by atoms with Crippen LogP contribution in [0.2, 0.25) is 0 Å². The summed E-state index contributed by atoms with van der Waals surface area (Å²) in [5, 5.41) is 34.1. The van der Waals surface area contributed by atoms with Crippen LogP contribution < -0.4 is 0 Å². The second-order valence-corrected chi connectivity index (χ2v) is 24.4. The van der Waals surface area contributed by atoms with Crippen LogP contribution >= 0.6 is 0 Å². The van der Waals surface area contributed by atoms with E-state index < -0.39 is 23.9 Å². The van der Waals surface area contributed by atoms with Gasteiger partial charge in [-0.3, -0.25) is 19.2 Å². The molecule has 0 aromatic rings. The Morgan fingerprint density at radius 3 is 0.317 bits per heavy atom. The van der Waals surface area contributed by atoms with Gasteiger partial charge >= 0.3 is 23.9 Å². The number of aliphatic carboxylic acids is 4. The molecule has 0 amide bonds. The molecule has 0 heterocycles. The van der Waals surface area contributed by atoms with Crippen molar-refractivity contribution in [3.63, 3.8) is 0 Å². The van der Waals surface area contributed by atoms with Crippen LogP contribution in [-0.4, -0.2) is 131 Å². The molecule has 0 fully saturated rings. The summed E-state index contributed by atoms with van der Waals surface area (Å²) in [5.74, 6) is -2.61. The van der Waals surface area contributed by atoms with Crippen molar-refractivity contribution in [2.45, 2.75) is 439 Å². The van der Waals surface area contributed by atoms with E-state index in [1.165, 1.54) is 334 Å². The predicted molar refractivity (Wildman–Crippen MR) is 360 cm³/mol. The zero-order valence-corrected chi connectivity index (χ0v) is 62.7. The third-order valence-electron chi connectivity index (χ3n) is 16.0. The molecule has 0 aliphatic rings. The summed E-state index contributed by atoms with van der Waals surface area (Å²) in [6.07, 6.45) is 80.8. The fraction of sp³-hybridized carbons (Fsp3) is 0.944. The number of carboxylic acids is 4. The molecule has 0 spiro atoms. The van der Waals surface area contributed by atoms with E-state index in [4.69, 9.17) is 20.4 Å². The predicted octanol–water partition coefficient (Wildman–Crippen LogP) is 24.6. The number of rotatable bonds is 64. The van der Waals surface area contributed by atoms with Crippen LogP contribution in [0, 0.1) is 0 Å². The molecule has 0 bridgehead atoms. The summed E-state index contributed by atoms with van der Waals surface area (Å²) in [6, 6.07) is 0. The van der Waals surface area contributed by atoms with Gasteiger partial charge in [-0.2, -0.15) is 0 Å². The minimum absolute atomic E-state index is 0. The van der Waals surface area contributed by atoms with Crippen molar-refractivity contribution in [2.24, 2.45) is 0 Å². The number of hydrogen-bond donors (Lipinski definition) is 4. The standard InChI is InChI=1S/4C18H36O2.Ba.Ca/c4*1-2-3-4-5-6-7-8-9-10-11-12-13-14-15-16-17-18(19)20;;/h4*2-17H2,1H3,(H,19,20);;. The Hall–Kier alpha value is 0.711. The second kappa shape index (κ2) is 90.5. The first-order valence-electron chi connectivity index (χ1n) is 36.0. The number of unbranched alkanes of at least 4 members (excludes halogenated alkanes) is 56. The van der Waals surface area contributed by atoms with Gasteiger partial charge in [0.05, 0.1) is 0 Å². The first kappa shape index (κ1) is 93.8. The Bertz CT molecular complexity index is 998. The van der Waals surface area contributed by atoms with Gasteiger partial charge in [-0.15, -0.1) is 0 Å². The Balaban J connectivity index is -0.000000233. The molecule has 4 N–H and O–H groups in total. The van der Waals surface area contributed by atoms with Gasteiger partial charge in [0.1, 0.15) is 0 Å². The minimum Gasteiger partial charge on any atom is -0.481 e. The molecule has 4 radical (unpaired) electrons.